The van der Waals surface area contributed by atoms with Gasteiger partial charge in [-0.2, -0.15) is 0 Å². The van der Waals surface area contributed by atoms with Gasteiger partial charge in [0.25, 0.3) is 0 Å². The highest BCUT2D eigenvalue weighted by molar-refractivity contribution is 6.30. The van der Waals surface area contributed by atoms with E-state index in [2.05, 4.69) is 24.5 Å². The molecule has 3 fully saturated rings. The van der Waals surface area contributed by atoms with Crippen LogP contribution in [0.5, 0.6) is 0 Å². The van der Waals surface area contributed by atoms with E-state index in [1.165, 1.54) is 6.42 Å². The van der Waals surface area contributed by atoms with Crippen molar-refractivity contribution in [3.05, 3.63) is 41.4 Å². The molecule has 1 saturated carbocycles. The summed E-state index contributed by atoms with van der Waals surface area (Å²) in [5.41, 5.74) is -0.560. The molecule has 0 aromatic heterocycles. The summed E-state index contributed by atoms with van der Waals surface area (Å²) in [6.07, 6.45) is 7.05. The molecule has 0 unspecified atom stereocenters. The van der Waals surface area contributed by atoms with Crippen LogP contribution in [0.1, 0.15) is 46.5 Å². The second-order valence-electron chi connectivity index (χ2n) is 10.6. The lowest BCUT2D eigenvalue weighted by Gasteiger charge is -2.38. The number of fused-ring (bicyclic) bond motifs is 1. The number of hydrogen-bond acceptors (Lipinski definition) is 4. The number of carbonyl (C=O) groups excluding carboxylic acids is 3. The maximum absolute atomic E-state index is 13.8. The van der Waals surface area contributed by atoms with E-state index in [0.717, 1.165) is 12.8 Å². The summed E-state index contributed by atoms with van der Waals surface area (Å²) in [4.78, 5) is 42.6. The Morgan fingerprint density at radius 2 is 2.03 bits per heavy atom. The third-order valence-electron chi connectivity index (χ3n) is 8.52. The first-order valence-electron chi connectivity index (χ1n) is 12.8. The van der Waals surface area contributed by atoms with E-state index in [1.807, 2.05) is 19.1 Å². The van der Waals surface area contributed by atoms with E-state index >= 15 is 0 Å². The maximum atomic E-state index is 13.8. The average molecular weight is 500 g/mol. The summed E-state index contributed by atoms with van der Waals surface area (Å²) in [6, 6.07) is 6.20. The molecule has 2 bridgehead atoms. The zero-order valence-corrected chi connectivity index (χ0v) is 21.3. The van der Waals surface area contributed by atoms with Crippen LogP contribution in [-0.4, -0.2) is 53.0 Å². The molecule has 1 aromatic rings. The number of nitrogens with one attached hydrogen (secondary N) is 2. The summed E-state index contributed by atoms with van der Waals surface area (Å²) in [7, 11) is 0. The summed E-state index contributed by atoms with van der Waals surface area (Å²) < 4.78 is 6.38. The van der Waals surface area contributed by atoms with E-state index < -0.39 is 29.6 Å². The number of ether oxygens (including phenoxy) is 1. The Kier molecular flexibility index (Phi) is 6.43. The smallest absolute Gasteiger partial charge is 0.246 e. The molecule has 3 heterocycles. The molecule has 7 nitrogen and oxygen atoms in total. The zero-order valence-electron chi connectivity index (χ0n) is 20.5. The third kappa shape index (κ3) is 3.97. The first-order valence-corrected chi connectivity index (χ1v) is 13.2. The lowest BCUT2D eigenvalue weighted by Crippen LogP contribution is -2.57. The van der Waals surface area contributed by atoms with Crippen LogP contribution in [0.4, 0.5) is 5.69 Å². The molecule has 5 rings (SSSR count). The van der Waals surface area contributed by atoms with Crippen molar-refractivity contribution in [1.29, 1.82) is 0 Å². The Labute approximate surface area is 211 Å². The molecule has 3 aliphatic heterocycles. The molecule has 1 aromatic carbocycles. The number of benzene rings is 1. The van der Waals surface area contributed by atoms with Gasteiger partial charge in [0.2, 0.25) is 17.7 Å². The van der Waals surface area contributed by atoms with Crippen LogP contribution < -0.4 is 10.6 Å². The zero-order chi connectivity index (χ0) is 24.9. The van der Waals surface area contributed by atoms with Crippen molar-refractivity contribution in [2.24, 2.45) is 23.7 Å². The minimum Gasteiger partial charge on any atom is -0.359 e. The Hall–Kier alpha value is -2.38. The first kappa shape index (κ1) is 24.3. The quantitative estimate of drug-likeness (QED) is 0.583. The molecule has 2 N–H and O–H groups in total. The van der Waals surface area contributed by atoms with E-state index in [-0.39, 0.29) is 23.8 Å². The highest BCUT2D eigenvalue weighted by Crippen LogP contribution is 2.55. The monoisotopic (exact) mass is 499 g/mol. The Morgan fingerprint density at radius 3 is 2.77 bits per heavy atom. The van der Waals surface area contributed by atoms with Crippen molar-refractivity contribution >= 4 is 35.0 Å². The van der Waals surface area contributed by atoms with Crippen LogP contribution >= 0.6 is 11.6 Å². The molecular weight excluding hydrogens is 466 g/mol. The van der Waals surface area contributed by atoms with Gasteiger partial charge in [-0.15, -0.1) is 0 Å². The van der Waals surface area contributed by atoms with E-state index in [0.29, 0.717) is 35.5 Å². The number of halogens is 1. The second-order valence-corrected chi connectivity index (χ2v) is 11.1. The summed E-state index contributed by atoms with van der Waals surface area (Å²) in [6.45, 7) is 6.84. The topological polar surface area (TPSA) is 87.7 Å². The number of likely N-dealkylation sites (tertiary alicyclic amines) is 1. The molecule has 2 saturated heterocycles. The van der Waals surface area contributed by atoms with Crippen LogP contribution in [0.15, 0.2) is 36.4 Å². The maximum Gasteiger partial charge on any atom is 0.246 e. The minimum absolute atomic E-state index is 0.0739. The van der Waals surface area contributed by atoms with E-state index in [4.69, 9.17) is 16.3 Å². The molecular formula is C27H34ClN3O4. The number of anilines is 1. The van der Waals surface area contributed by atoms with Crippen molar-refractivity contribution in [3.63, 3.8) is 0 Å². The molecule has 1 spiro atoms. The van der Waals surface area contributed by atoms with Gasteiger partial charge in [0.15, 0.2) is 0 Å². The third-order valence-corrected chi connectivity index (χ3v) is 8.75. The van der Waals surface area contributed by atoms with Crippen LogP contribution in [0.25, 0.3) is 0 Å². The van der Waals surface area contributed by atoms with Crippen molar-refractivity contribution in [3.8, 4) is 0 Å². The van der Waals surface area contributed by atoms with Gasteiger partial charge >= 0.3 is 0 Å². The largest absolute Gasteiger partial charge is 0.359 e. The fraction of sp³-hybridized carbons (Fsp3) is 0.593. The molecule has 1 aliphatic carbocycles. The van der Waals surface area contributed by atoms with Gasteiger partial charge in [0.05, 0.1) is 17.9 Å². The van der Waals surface area contributed by atoms with Crippen LogP contribution in [0.3, 0.4) is 0 Å². The first-order chi connectivity index (χ1) is 16.8. The highest BCUT2D eigenvalue weighted by atomic mass is 35.5. The van der Waals surface area contributed by atoms with Gasteiger partial charge in [-0.05, 0) is 42.9 Å². The predicted molar refractivity (Wildman–Crippen MR) is 134 cm³/mol. The molecule has 4 aliphatic rings. The van der Waals surface area contributed by atoms with Gasteiger partial charge in [-0.1, -0.05) is 63.4 Å². The predicted octanol–water partition coefficient (Wildman–Crippen LogP) is 3.78. The van der Waals surface area contributed by atoms with Gasteiger partial charge in [0.1, 0.15) is 11.6 Å². The van der Waals surface area contributed by atoms with Gasteiger partial charge in [0, 0.05) is 23.3 Å². The SMILES string of the molecule is CCCN1C(=O)[C@@H]2[C@H](C(=O)Nc3cccc(Cl)c3)[C@@H]3C=C[C@@]2(O3)[C@@H]1C(=O)N[C@@H]1CCC[C@@H](C)[C@H]1C. The highest BCUT2D eigenvalue weighted by Gasteiger charge is 2.72. The lowest BCUT2D eigenvalue weighted by atomic mass is 9.73. The number of rotatable bonds is 6. The standard InChI is InChI=1S/C27H34ClN3O4/c1-4-13-31-23(25(33)30-19-10-5-7-15(2)16(19)3)27-12-11-20(35-27)21(22(27)26(31)34)24(32)29-18-9-6-8-17(28)14-18/h6,8-9,11-12,14-16,19-23H,4-5,7,10,13H2,1-3H3,(H,29,32)(H,30,33)/t15-,16-,19-,20+,21-,22+,23+,27+/m1/s1. The Morgan fingerprint density at radius 1 is 1.23 bits per heavy atom. The summed E-state index contributed by atoms with van der Waals surface area (Å²) >= 11 is 6.08. The van der Waals surface area contributed by atoms with Crippen molar-refractivity contribution in [2.45, 2.75) is 70.2 Å². The fourth-order valence-electron chi connectivity index (χ4n) is 6.59. The van der Waals surface area contributed by atoms with Crippen molar-refractivity contribution in [1.82, 2.24) is 10.2 Å². The molecule has 8 atom stereocenters. The Bertz CT molecular complexity index is 1060. The van der Waals surface area contributed by atoms with Gasteiger partial charge < -0.3 is 20.3 Å². The van der Waals surface area contributed by atoms with Crippen LogP contribution in [-0.2, 0) is 19.1 Å². The van der Waals surface area contributed by atoms with E-state index in [1.54, 1.807) is 29.2 Å². The van der Waals surface area contributed by atoms with Gasteiger partial charge in [-0.3, -0.25) is 14.4 Å². The van der Waals surface area contributed by atoms with Crippen LogP contribution in [0.2, 0.25) is 5.02 Å². The van der Waals surface area contributed by atoms with E-state index in [9.17, 15) is 14.4 Å². The molecule has 0 radical (unpaired) electrons. The second kappa shape index (κ2) is 9.25. The van der Waals surface area contributed by atoms with Crippen molar-refractivity contribution in [2.75, 3.05) is 11.9 Å². The number of hydrogen-bond donors (Lipinski definition) is 2. The van der Waals surface area contributed by atoms with Gasteiger partial charge in [-0.25, -0.2) is 0 Å². The lowest BCUT2D eigenvalue weighted by molar-refractivity contribution is -0.141. The number of amides is 3. The normalized spacial score (nSPS) is 37.4. The number of nitrogens with zero attached hydrogens (tertiary/aromatic N) is 1. The fourth-order valence-corrected chi connectivity index (χ4v) is 6.78. The van der Waals surface area contributed by atoms with Crippen LogP contribution in [0, 0.1) is 23.7 Å². The minimum atomic E-state index is -1.12. The van der Waals surface area contributed by atoms with Crippen molar-refractivity contribution < 1.29 is 19.1 Å². The molecule has 188 valence electrons. The molecule has 3 amide bonds. The molecule has 35 heavy (non-hydrogen) atoms. The number of carbonyl (C=O) groups is 3. The average Bonchev–Trinajstić information content (AvgIpc) is 3.45. The summed E-state index contributed by atoms with van der Waals surface area (Å²) in [5, 5.41) is 6.68. The molecule has 8 heteroatoms. The summed E-state index contributed by atoms with van der Waals surface area (Å²) in [5.74, 6) is -1.20. The Balaban J connectivity index is 1.42.